The first kappa shape index (κ1) is 23.5. The monoisotopic (exact) mass is 434 g/mol. The number of anilines is 2. The number of likely N-dealkylation sites (N-methyl/N-ethyl adjacent to an activating group) is 3. The van der Waals surface area contributed by atoms with Gasteiger partial charge in [-0.1, -0.05) is 11.3 Å². The van der Waals surface area contributed by atoms with Crippen LogP contribution in [0.5, 0.6) is 0 Å². The number of thiazole rings is 1. The van der Waals surface area contributed by atoms with Crippen LogP contribution in [0.4, 0.5) is 15.9 Å². The third kappa shape index (κ3) is 6.36. The molecule has 2 aromatic rings. The fourth-order valence-corrected chi connectivity index (χ4v) is 3.44. The molecule has 2 N–H and O–H groups in total. The molecule has 0 saturated carbocycles. The van der Waals surface area contributed by atoms with E-state index in [0.29, 0.717) is 11.1 Å². The predicted octanol–water partition coefficient (Wildman–Crippen LogP) is 1.42. The average molecular weight is 435 g/mol. The molecule has 0 fully saturated rings. The summed E-state index contributed by atoms with van der Waals surface area (Å²) < 4.78 is 0. The van der Waals surface area contributed by atoms with Crippen LogP contribution in [0.25, 0.3) is 10.6 Å². The molecular formula is C19H30N8O2S. The van der Waals surface area contributed by atoms with Crippen LogP contribution >= 0.6 is 11.3 Å². The van der Waals surface area contributed by atoms with Gasteiger partial charge in [-0.2, -0.15) is 0 Å². The Balaban J connectivity index is 2.15. The van der Waals surface area contributed by atoms with E-state index < -0.39 is 6.03 Å². The minimum absolute atomic E-state index is 0.0797. The standard InChI is InChI=1S/C19H30N8O2S/c1-12-10-20-17(27(7)9-8-25(3)4)23-15(12)16-13(2)22-19(30-16)24-18(29)21-11-14(28)26(5)6/h10H,8-9,11H2,1-7H3,(H2,21,22,24,29). The quantitative estimate of drug-likeness (QED) is 0.647. The summed E-state index contributed by atoms with van der Waals surface area (Å²) in [6, 6.07) is -0.478. The van der Waals surface area contributed by atoms with Crippen LogP contribution in [0.15, 0.2) is 6.20 Å². The lowest BCUT2D eigenvalue weighted by atomic mass is 10.2. The Kier molecular flexibility index (Phi) is 8.07. The minimum Gasteiger partial charge on any atom is -0.347 e. The number of amides is 3. The van der Waals surface area contributed by atoms with Gasteiger partial charge in [-0.25, -0.2) is 19.7 Å². The number of carbonyl (C=O) groups is 2. The fraction of sp³-hybridized carbons (Fsp3) is 0.526. The largest absolute Gasteiger partial charge is 0.347 e. The van der Waals surface area contributed by atoms with Gasteiger partial charge >= 0.3 is 6.03 Å². The minimum atomic E-state index is -0.478. The Morgan fingerprint density at radius 2 is 1.77 bits per heavy atom. The van der Waals surface area contributed by atoms with Crippen molar-refractivity contribution in [2.75, 3.05) is 65.1 Å². The Labute approximate surface area is 181 Å². The van der Waals surface area contributed by atoms with Crippen molar-refractivity contribution in [1.29, 1.82) is 0 Å². The molecular weight excluding hydrogens is 404 g/mol. The van der Waals surface area contributed by atoms with Crippen LogP contribution in [0, 0.1) is 13.8 Å². The van der Waals surface area contributed by atoms with Gasteiger partial charge in [-0.15, -0.1) is 0 Å². The molecule has 2 aromatic heterocycles. The van der Waals surface area contributed by atoms with E-state index in [1.165, 1.54) is 16.2 Å². The smallest absolute Gasteiger partial charge is 0.321 e. The fourth-order valence-electron chi connectivity index (χ4n) is 2.42. The Hall–Kier alpha value is -2.79. The van der Waals surface area contributed by atoms with Crippen molar-refractivity contribution in [3.8, 4) is 10.6 Å². The lowest BCUT2D eigenvalue weighted by Crippen LogP contribution is -2.38. The van der Waals surface area contributed by atoms with Crippen molar-refractivity contribution in [2.45, 2.75) is 13.8 Å². The number of nitrogens with one attached hydrogen (secondary N) is 2. The zero-order valence-electron chi connectivity index (χ0n) is 18.6. The molecule has 11 heteroatoms. The van der Waals surface area contributed by atoms with Crippen molar-refractivity contribution in [2.24, 2.45) is 0 Å². The van der Waals surface area contributed by atoms with Crippen molar-refractivity contribution >= 4 is 34.4 Å². The molecule has 0 aliphatic rings. The number of nitrogens with zero attached hydrogens (tertiary/aromatic N) is 6. The van der Waals surface area contributed by atoms with Gasteiger partial charge < -0.3 is 20.0 Å². The summed E-state index contributed by atoms with van der Waals surface area (Å²) in [6.07, 6.45) is 1.80. The molecule has 0 bridgehead atoms. The number of aryl methyl sites for hydroxylation is 2. The highest BCUT2D eigenvalue weighted by Crippen LogP contribution is 2.33. The first-order valence-electron chi connectivity index (χ1n) is 9.50. The van der Waals surface area contributed by atoms with Crippen LogP contribution in [0.1, 0.15) is 11.3 Å². The average Bonchev–Trinajstić information content (AvgIpc) is 3.04. The van der Waals surface area contributed by atoms with Crippen LogP contribution in [0.2, 0.25) is 0 Å². The normalized spacial score (nSPS) is 10.8. The number of carbonyl (C=O) groups excluding carboxylic acids is 2. The van der Waals surface area contributed by atoms with Crippen molar-refractivity contribution in [3.63, 3.8) is 0 Å². The third-order valence-corrected chi connectivity index (χ3v) is 5.39. The van der Waals surface area contributed by atoms with Gasteiger partial charge in [0.25, 0.3) is 0 Å². The molecule has 30 heavy (non-hydrogen) atoms. The Morgan fingerprint density at radius 1 is 1.07 bits per heavy atom. The Morgan fingerprint density at radius 3 is 2.40 bits per heavy atom. The molecule has 0 aromatic carbocycles. The predicted molar refractivity (Wildman–Crippen MR) is 120 cm³/mol. The maximum absolute atomic E-state index is 12.1. The summed E-state index contributed by atoms with van der Waals surface area (Å²) in [4.78, 5) is 43.7. The maximum atomic E-state index is 12.1. The highest BCUT2D eigenvalue weighted by Gasteiger charge is 2.17. The summed E-state index contributed by atoms with van der Waals surface area (Å²) in [6.45, 7) is 5.44. The molecule has 3 amide bonds. The zero-order chi connectivity index (χ0) is 22.4. The maximum Gasteiger partial charge on any atom is 0.321 e. The number of rotatable bonds is 8. The van der Waals surface area contributed by atoms with Gasteiger partial charge in [-0.3, -0.25) is 10.1 Å². The molecule has 0 saturated heterocycles. The molecule has 0 spiro atoms. The summed E-state index contributed by atoms with van der Waals surface area (Å²) in [5.41, 5.74) is 2.49. The molecule has 0 atom stereocenters. The van der Waals surface area contributed by atoms with Crippen LogP contribution in [-0.2, 0) is 4.79 Å². The second-order valence-electron chi connectivity index (χ2n) is 7.46. The third-order valence-electron chi connectivity index (χ3n) is 4.31. The van der Waals surface area contributed by atoms with Gasteiger partial charge in [0, 0.05) is 40.4 Å². The second-order valence-corrected chi connectivity index (χ2v) is 8.45. The lowest BCUT2D eigenvalue weighted by molar-refractivity contribution is -0.127. The molecule has 10 nitrogen and oxygen atoms in total. The number of urea groups is 1. The first-order chi connectivity index (χ1) is 14.1. The van der Waals surface area contributed by atoms with Crippen LogP contribution < -0.4 is 15.5 Å². The van der Waals surface area contributed by atoms with E-state index in [2.05, 4.69) is 25.5 Å². The van der Waals surface area contributed by atoms with Gasteiger partial charge in [0.1, 0.15) is 0 Å². The zero-order valence-corrected chi connectivity index (χ0v) is 19.4. The van der Waals surface area contributed by atoms with Crippen LogP contribution in [-0.4, -0.2) is 91.6 Å². The highest BCUT2D eigenvalue weighted by molar-refractivity contribution is 7.19. The topological polar surface area (TPSA) is 107 Å². The molecule has 0 aliphatic carbocycles. The SMILES string of the molecule is Cc1cnc(N(C)CCN(C)C)nc1-c1sc(NC(=O)NCC(=O)N(C)C)nc1C. The first-order valence-corrected chi connectivity index (χ1v) is 10.3. The summed E-state index contributed by atoms with van der Waals surface area (Å²) in [5, 5.41) is 5.65. The van der Waals surface area contributed by atoms with Gasteiger partial charge in [0.05, 0.1) is 22.8 Å². The van der Waals surface area contributed by atoms with Gasteiger partial charge in [0.2, 0.25) is 11.9 Å². The van der Waals surface area contributed by atoms with E-state index >= 15 is 0 Å². The molecule has 0 aliphatic heterocycles. The van der Waals surface area contributed by atoms with Crippen molar-refractivity contribution < 1.29 is 9.59 Å². The number of hydrogen-bond acceptors (Lipinski definition) is 8. The van der Waals surface area contributed by atoms with E-state index in [1.807, 2.05) is 39.9 Å². The molecule has 2 heterocycles. The highest BCUT2D eigenvalue weighted by atomic mass is 32.1. The van der Waals surface area contributed by atoms with Gasteiger partial charge in [0.15, 0.2) is 5.13 Å². The molecule has 164 valence electrons. The number of hydrogen-bond donors (Lipinski definition) is 2. The van der Waals surface area contributed by atoms with Gasteiger partial charge in [-0.05, 0) is 33.5 Å². The van der Waals surface area contributed by atoms with E-state index in [-0.39, 0.29) is 12.5 Å². The summed E-state index contributed by atoms with van der Waals surface area (Å²) >= 11 is 1.34. The molecule has 2 rings (SSSR count). The van der Waals surface area contributed by atoms with E-state index in [0.717, 1.165) is 34.9 Å². The van der Waals surface area contributed by atoms with Crippen molar-refractivity contribution in [1.82, 2.24) is 30.1 Å². The van der Waals surface area contributed by atoms with E-state index in [9.17, 15) is 9.59 Å². The number of aromatic nitrogens is 3. The van der Waals surface area contributed by atoms with Crippen molar-refractivity contribution in [3.05, 3.63) is 17.5 Å². The molecule has 0 unspecified atom stereocenters. The van der Waals surface area contributed by atoms with E-state index in [4.69, 9.17) is 4.98 Å². The van der Waals surface area contributed by atoms with E-state index in [1.54, 1.807) is 20.3 Å². The second kappa shape index (κ2) is 10.3. The summed E-state index contributed by atoms with van der Waals surface area (Å²) in [7, 11) is 9.28. The lowest BCUT2D eigenvalue weighted by Gasteiger charge is -2.20. The van der Waals surface area contributed by atoms with Crippen LogP contribution in [0.3, 0.4) is 0 Å². The summed E-state index contributed by atoms with van der Waals surface area (Å²) in [5.74, 6) is 0.448. The molecule has 0 radical (unpaired) electrons. The Bertz CT molecular complexity index is 897.